The Bertz CT molecular complexity index is 939. The molecule has 0 saturated carbocycles. The van der Waals surface area contributed by atoms with E-state index in [1.807, 2.05) is 0 Å². The van der Waals surface area contributed by atoms with E-state index in [0.29, 0.717) is 11.3 Å². The molecule has 1 heterocycles. The van der Waals surface area contributed by atoms with Gasteiger partial charge in [0.15, 0.2) is 0 Å². The molecule has 126 valence electrons. The molecule has 3 rings (SSSR count). The van der Waals surface area contributed by atoms with Crippen molar-refractivity contribution >= 4 is 27.3 Å². The molecule has 5 nitrogen and oxygen atoms in total. The zero-order valence-corrected chi connectivity index (χ0v) is 14.3. The van der Waals surface area contributed by atoms with Gasteiger partial charge in [-0.2, -0.15) is 0 Å². The van der Waals surface area contributed by atoms with Gasteiger partial charge in [-0.15, -0.1) is 0 Å². The van der Waals surface area contributed by atoms with Crippen molar-refractivity contribution in [3.63, 3.8) is 0 Å². The van der Waals surface area contributed by atoms with Gasteiger partial charge in [-0.05, 0) is 55.8 Å². The van der Waals surface area contributed by atoms with Crippen molar-refractivity contribution in [3.8, 4) is 0 Å². The summed E-state index contributed by atoms with van der Waals surface area (Å²) in [5, 5.41) is 0. The molecule has 7 heteroatoms. The first-order valence-corrected chi connectivity index (χ1v) is 8.82. The Kier molecular flexibility index (Phi) is 3.64. The molecule has 1 N–H and O–H groups in total. The number of amides is 1. The van der Waals surface area contributed by atoms with Crippen LogP contribution >= 0.6 is 0 Å². The Balaban J connectivity index is 2.02. The summed E-state index contributed by atoms with van der Waals surface area (Å²) in [5.74, 6) is -0.623. The molecule has 1 aliphatic rings. The summed E-state index contributed by atoms with van der Waals surface area (Å²) in [4.78, 5) is 13.8. The molecule has 0 radical (unpaired) electrons. The number of nitrogens with one attached hydrogen (secondary N) is 1. The third-order valence-corrected chi connectivity index (χ3v) is 5.61. The Labute approximate surface area is 140 Å². The highest BCUT2D eigenvalue weighted by Gasteiger charge is 2.42. The Hall–Kier alpha value is -2.41. The van der Waals surface area contributed by atoms with Gasteiger partial charge in [0.05, 0.1) is 16.0 Å². The van der Waals surface area contributed by atoms with E-state index in [4.69, 9.17) is 0 Å². The van der Waals surface area contributed by atoms with Gasteiger partial charge >= 0.3 is 0 Å². The van der Waals surface area contributed by atoms with Crippen LogP contribution in [0.25, 0.3) is 0 Å². The fourth-order valence-corrected chi connectivity index (χ4v) is 3.96. The summed E-state index contributed by atoms with van der Waals surface area (Å²) in [5.41, 5.74) is 0.684. The lowest BCUT2D eigenvalue weighted by Crippen LogP contribution is -2.33. The summed E-state index contributed by atoms with van der Waals surface area (Å²) in [6.45, 7) is 3.52. The molecular formula is C17H17FN2O3S. The standard InChI is InChI=1S/C17H17FN2O3S/c1-17(2)14-10-13(7-8-15(14)20(3)16(17)21)24(22,23)19-12-6-4-5-11(18)9-12/h4-10,19H,1-3H3. The predicted molar refractivity (Wildman–Crippen MR) is 90.1 cm³/mol. The lowest BCUT2D eigenvalue weighted by atomic mass is 9.86. The van der Waals surface area contributed by atoms with Gasteiger partial charge < -0.3 is 4.90 Å². The number of nitrogens with zero attached hydrogens (tertiary/aromatic N) is 1. The molecule has 0 atom stereocenters. The first-order chi connectivity index (χ1) is 11.1. The molecule has 24 heavy (non-hydrogen) atoms. The third kappa shape index (κ3) is 2.54. The maximum Gasteiger partial charge on any atom is 0.261 e. The maximum absolute atomic E-state index is 13.2. The fourth-order valence-electron chi connectivity index (χ4n) is 2.89. The van der Waals surface area contributed by atoms with Crippen LogP contribution in [0.1, 0.15) is 19.4 Å². The number of anilines is 2. The van der Waals surface area contributed by atoms with E-state index < -0.39 is 21.3 Å². The molecule has 0 unspecified atom stereocenters. The minimum absolute atomic E-state index is 0.0293. The van der Waals surface area contributed by atoms with E-state index in [1.54, 1.807) is 27.0 Å². The van der Waals surface area contributed by atoms with Crippen LogP contribution in [-0.4, -0.2) is 21.4 Å². The fraction of sp³-hybridized carbons (Fsp3) is 0.235. The molecule has 0 saturated heterocycles. The summed E-state index contributed by atoms with van der Waals surface area (Å²) in [6.07, 6.45) is 0. The van der Waals surface area contributed by atoms with E-state index in [2.05, 4.69) is 4.72 Å². The van der Waals surface area contributed by atoms with Gasteiger partial charge in [-0.1, -0.05) is 6.07 Å². The second kappa shape index (κ2) is 5.31. The minimum Gasteiger partial charge on any atom is -0.314 e. The summed E-state index contributed by atoms with van der Waals surface area (Å²) in [7, 11) is -2.22. The monoisotopic (exact) mass is 348 g/mol. The van der Waals surface area contributed by atoms with Crippen molar-refractivity contribution in [2.45, 2.75) is 24.2 Å². The van der Waals surface area contributed by atoms with Crippen LogP contribution in [0.3, 0.4) is 0 Å². The highest BCUT2D eigenvalue weighted by Crippen LogP contribution is 2.41. The van der Waals surface area contributed by atoms with Gasteiger partial charge in [-0.25, -0.2) is 12.8 Å². The van der Waals surface area contributed by atoms with Crippen molar-refractivity contribution < 1.29 is 17.6 Å². The van der Waals surface area contributed by atoms with E-state index in [0.717, 1.165) is 6.07 Å². The molecule has 1 amide bonds. The van der Waals surface area contributed by atoms with Gasteiger partial charge in [0.1, 0.15) is 5.82 Å². The van der Waals surface area contributed by atoms with Crippen molar-refractivity contribution in [3.05, 3.63) is 53.8 Å². The zero-order chi connectivity index (χ0) is 17.7. The number of carbonyl (C=O) groups is 1. The van der Waals surface area contributed by atoms with Crippen LogP contribution in [0.4, 0.5) is 15.8 Å². The number of carbonyl (C=O) groups excluding carboxylic acids is 1. The van der Waals surface area contributed by atoms with Gasteiger partial charge in [0, 0.05) is 12.7 Å². The zero-order valence-electron chi connectivity index (χ0n) is 13.5. The van der Waals surface area contributed by atoms with Crippen molar-refractivity contribution in [2.75, 3.05) is 16.7 Å². The number of hydrogen-bond donors (Lipinski definition) is 1. The molecule has 2 aromatic carbocycles. The molecule has 0 aliphatic carbocycles. The largest absolute Gasteiger partial charge is 0.314 e. The van der Waals surface area contributed by atoms with E-state index in [1.165, 1.54) is 35.2 Å². The smallest absolute Gasteiger partial charge is 0.261 e. The van der Waals surface area contributed by atoms with Crippen molar-refractivity contribution in [1.82, 2.24) is 0 Å². The molecule has 0 aromatic heterocycles. The van der Waals surface area contributed by atoms with E-state index >= 15 is 0 Å². The Morgan fingerprint density at radius 3 is 2.50 bits per heavy atom. The lowest BCUT2D eigenvalue weighted by molar-refractivity contribution is -0.121. The number of benzene rings is 2. The average Bonchev–Trinajstić information content (AvgIpc) is 2.68. The topological polar surface area (TPSA) is 66.5 Å². The number of likely N-dealkylation sites (N-methyl/N-ethyl adjacent to an activating group) is 1. The predicted octanol–water partition coefficient (Wildman–Crippen LogP) is 2.88. The number of fused-ring (bicyclic) bond motifs is 1. The van der Waals surface area contributed by atoms with Crippen LogP contribution < -0.4 is 9.62 Å². The number of rotatable bonds is 3. The van der Waals surface area contributed by atoms with Crippen LogP contribution in [-0.2, 0) is 20.2 Å². The highest BCUT2D eigenvalue weighted by molar-refractivity contribution is 7.92. The lowest BCUT2D eigenvalue weighted by Gasteiger charge is -2.17. The van der Waals surface area contributed by atoms with E-state index in [-0.39, 0.29) is 16.5 Å². The van der Waals surface area contributed by atoms with Crippen LogP contribution in [0.2, 0.25) is 0 Å². The third-order valence-electron chi connectivity index (χ3n) is 4.23. The Morgan fingerprint density at radius 1 is 1.12 bits per heavy atom. The van der Waals surface area contributed by atoms with Crippen molar-refractivity contribution in [1.29, 1.82) is 0 Å². The van der Waals surface area contributed by atoms with Crippen molar-refractivity contribution in [2.24, 2.45) is 0 Å². The number of hydrogen-bond acceptors (Lipinski definition) is 3. The molecule has 1 aliphatic heterocycles. The van der Waals surface area contributed by atoms with Gasteiger partial charge in [-0.3, -0.25) is 9.52 Å². The van der Waals surface area contributed by atoms with Crippen LogP contribution in [0.5, 0.6) is 0 Å². The average molecular weight is 348 g/mol. The minimum atomic E-state index is -3.88. The van der Waals surface area contributed by atoms with Crippen LogP contribution in [0.15, 0.2) is 47.4 Å². The summed E-state index contributed by atoms with van der Waals surface area (Å²) >= 11 is 0. The molecule has 2 aromatic rings. The summed E-state index contributed by atoms with van der Waals surface area (Å²) < 4.78 is 40.7. The maximum atomic E-state index is 13.2. The molecule has 0 fully saturated rings. The number of sulfonamides is 1. The SMILES string of the molecule is CN1C(=O)C(C)(C)c2cc(S(=O)(=O)Nc3cccc(F)c3)ccc21. The summed E-state index contributed by atoms with van der Waals surface area (Å²) in [6, 6.07) is 9.78. The molecule has 0 spiro atoms. The second-order valence-corrected chi connectivity index (χ2v) is 7.97. The van der Waals surface area contributed by atoms with E-state index in [9.17, 15) is 17.6 Å². The quantitative estimate of drug-likeness (QED) is 0.927. The first-order valence-electron chi connectivity index (χ1n) is 7.34. The molecular weight excluding hydrogens is 331 g/mol. The Morgan fingerprint density at radius 2 is 1.83 bits per heavy atom. The normalized spacial score (nSPS) is 16.2. The first kappa shape index (κ1) is 16.4. The molecule has 0 bridgehead atoms. The number of halogens is 1. The van der Waals surface area contributed by atoms with Gasteiger partial charge in [0.25, 0.3) is 10.0 Å². The van der Waals surface area contributed by atoms with Gasteiger partial charge in [0.2, 0.25) is 5.91 Å². The highest BCUT2D eigenvalue weighted by atomic mass is 32.2. The van der Waals surface area contributed by atoms with Crippen LogP contribution in [0, 0.1) is 5.82 Å². The second-order valence-electron chi connectivity index (χ2n) is 6.28.